The van der Waals surface area contributed by atoms with E-state index >= 15 is 0 Å². The van der Waals surface area contributed by atoms with Gasteiger partial charge in [0, 0.05) is 12.6 Å². The Labute approximate surface area is 185 Å². The average Bonchev–Trinajstić information content (AvgIpc) is 3.02. The van der Waals surface area contributed by atoms with E-state index in [1.807, 2.05) is 47.6 Å². The highest BCUT2D eigenvalue weighted by atomic mass is 32.2. The molecule has 1 unspecified atom stereocenters. The molecule has 174 valence electrons. The first-order chi connectivity index (χ1) is 14.3. The number of hydrogen-bond donors (Lipinski definition) is 1. The molecule has 31 heavy (non-hydrogen) atoms. The van der Waals surface area contributed by atoms with Crippen LogP contribution >= 0.6 is 0 Å². The highest BCUT2D eigenvalue weighted by molar-refractivity contribution is 7.91. The summed E-state index contributed by atoms with van der Waals surface area (Å²) in [7, 11) is -3.15. The zero-order chi connectivity index (χ0) is 23.5. The maximum atomic E-state index is 12.8. The number of benzene rings is 1. The second kappa shape index (κ2) is 10.0. The Hall–Kier alpha value is -2.09. The number of esters is 1. The van der Waals surface area contributed by atoms with E-state index in [1.165, 1.54) is 4.90 Å². The molecule has 0 spiro atoms. The molecule has 7 nitrogen and oxygen atoms in total. The number of rotatable bonds is 8. The highest BCUT2D eigenvalue weighted by Crippen LogP contribution is 2.33. The molecule has 1 aromatic carbocycles. The summed E-state index contributed by atoms with van der Waals surface area (Å²) >= 11 is 0. The van der Waals surface area contributed by atoms with E-state index in [-0.39, 0.29) is 40.6 Å². The first kappa shape index (κ1) is 25.2. The summed E-state index contributed by atoms with van der Waals surface area (Å²) in [5, 5.41) is 10.6. The lowest BCUT2D eigenvalue weighted by Gasteiger charge is -2.29. The van der Waals surface area contributed by atoms with Gasteiger partial charge in [-0.1, -0.05) is 47.6 Å². The Balaban J connectivity index is 2.19. The molecule has 0 aromatic heterocycles. The van der Waals surface area contributed by atoms with Gasteiger partial charge in [0.15, 0.2) is 16.4 Å². The number of hydrogen-bond acceptors (Lipinski definition) is 6. The van der Waals surface area contributed by atoms with Crippen LogP contribution in [-0.2, 0) is 19.4 Å². The summed E-state index contributed by atoms with van der Waals surface area (Å²) in [5.74, 6) is -1.01. The summed E-state index contributed by atoms with van der Waals surface area (Å²) in [6.45, 7) is 11.6. The van der Waals surface area contributed by atoms with Crippen molar-refractivity contribution in [1.82, 2.24) is 4.90 Å². The average molecular weight is 454 g/mol. The third-order valence-electron chi connectivity index (χ3n) is 5.53. The van der Waals surface area contributed by atoms with Crippen LogP contribution in [0.15, 0.2) is 12.1 Å². The first-order valence-corrected chi connectivity index (χ1v) is 12.7. The van der Waals surface area contributed by atoms with Gasteiger partial charge in [-0.2, -0.15) is 0 Å². The van der Waals surface area contributed by atoms with E-state index in [0.717, 1.165) is 5.56 Å². The quantitative estimate of drug-likeness (QED) is 0.605. The monoisotopic (exact) mass is 453 g/mol. The summed E-state index contributed by atoms with van der Waals surface area (Å²) < 4.78 is 29.0. The minimum Gasteiger partial charge on any atom is -0.507 e. The van der Waals surface area contributed by atoms with Gasteiger partial charge in [0.25, 0.3) is 5.91 Å². The molecule has 1 aliphatic rings. The number of aromatic hydroxyl groups is 1. The zero-order valence-corrected chi connectivity index (χ0v) is 20.2. The van der Waals surface area contributed by atoms with Gasteiger partial charge in [0.05, 0.1) is 11.5 Å². The van der Waals surface area contributed by atoms with Crippen molar-refractivity contribution < 1.29 is 27.9 Å². The van der Waals surface area contributed by atoms with E-state index in [2.05, 4.69) is 0 Å². The van der Waals surface area contributed by atoms with Crippen LogP contribution in [0.2, 0.25) is 0 Å². The number of sulfone groups is 1. The van der Waals surface area contributed by atoms with E-state index in [1.54, 1.807) is 6.07 Å². The summed E-state index contributed by atoms with van der Waals surface area (Å²) in [5.41, 5.74) is 1.60. The Morgan fingerprint density at radius 3 is 2.26 bits per heavy atom. The zero-order valence-electron chi connectivity index (χ0n) is 19.3. The summed E-state index contributed by atoms with van der Waals surface area (Å²) in [6.07, 6.45) is 0.393. The van der Waals surface area contributed by atoms with Gasteiger partial charge < -0.3 is 14.7 Å². The normalized spacial score (nSPS) is 18.0. The maximum Gasteiger partial charge on any atom is 0.342 e. The standard InChI is InChI=1S/C23H35NO6S/c1-14(2)11-24(18-7-8-31(28,29)13-18)21(25)12-30-23(27)20-10-17(15(3)4)9-19(16(5)6)22(20)26/h9-10,14-16,18,26H,7-8,11-13H2,1-6H3. The molecule has 0 bridgehead atoms. The van der Waals surface area contributed by atoms with Crippen molar-refractivity contribution in [3.8, 4) is 5.75 Å². The fraction of sp³-hybridized carbons (Fsp3) is 0.652. The smallest absolute Gasteiger partial charge is 0.342 e. The maximum absolute atomic E-state index is 12.8. The number of nitrogens with zero attached hydrogens (tertiary/aromatic N) is 1. The van der Waals surface area contributed by atoms with Gasteiger partial charge in [0.1, 0.15) is 11.3 Å². The predicted molar refractivity (Wildman–Crippen MR) is 120 cm³/mol. The highest BCUT2D eigenvalue weighted by Gasteiger charge is 2.35. The Morgan fingerprint density at radius 2 is 1.77 bits per heavy atom. The number of ether oxygens (including phenoxy) is 1. The van der Waals surface area contributed by atoms with Gasteiger partial charge in [0.2, 0.25) is 0 Å². The van der Waals surface area contributed by atoms with Gasteiger partial charge in [-0.15, -0.1) is 0 Å². The van der Waals surface area contributed by atoms with Crippen LogP contribution in [0.25, 0.3) is 0 Å². The SMILES string of the molecule is CC(C)CN(C(=O)COC(=O)c1cc(C(C)C)cc(C(C)C)c1O)C1CCS(=O)(=O)C1. The molecular formula is C23H35NO6S. The van der Waals surface area contributed by atoms with Gasteiger partial charge >= 0.3 is 5.97 Å². The molecule has 1 N–H and O–H groups in total. The van der Waals surface area contributed by atoms with Crippen molar-refractivity contribution >= 4 is 21.7 Å². The molecule has 1 saturated heterocycles. The Bertz CT molecular complexity index is 920. The summed E-state index contributed by atoms with van der Waals surface area (Å²) in [6, 6.07) is 3.09. The van der Waals surface area contributed by atoms with Crippen LogP contribution in [0.5, 0.6) is 5.75 Å². The molecule has 2 rings (SSSR count). The van der Waals surface area contributed by atoms with Crippen LogP contribution in [0.3, 0.4) is 0 Å². The second-order valence-corrected chi connectivity index (χ2v) is 11.6. The minimum atomic E-state index is -3.15. The molecule has 0 aliphatic carbocycles. The predicted octanol–water partition coefficient (Wildman–Crippen LogP) is 3.47. The van der Waals surface area contributed by atoms with Crippen LogP contribution in [-0.4, -0.2) is 61.0 Å². The van der Waals surface area contributed by atoms with Crippen LogP contribution < -0.4 is 0 Å². The lowest BCUT2D eigenvalue weighted by molar-refractivity contribution is -0.137. The molecule has 0 radical (unpaired) electrons. The number of carbonyl (C=O) groups is 2. The third kappa shape index (κ3) is 6.45. The van der Waals surface area contributed by atoms with Crippen molar-refractivity contribution in [1.29, 1.82) is 0 Å². The molecule has 0 saturated carbocycles. The van der Waals surface area contributed by atoms with E-state index < -0.39 is 34.4 Å². The van der Waals surface area contributed by atoms with Crippen molar-refractivity contribution in [2.75, 3.05) is 24.7 Å². The number of carbonyl (C=O) groups excluding carboxylic acids is 2. The van der Waals surface area contributed by atoms with Crippen molar-refractivity contribution in [2.45, 2.75) is 65.8 Å². The topological polar surface area (TPSA) is 101 Å². The fourth-order valence-corrected chi connectivity index (χ4v) is 5.50. The molecule has 1 aliphatic heterocycles. The molecule has 1 heterocycles. The largest absolute Gasteiger partial charge is 0.507 e. The first-order valence-electron chi connectivity index (χ1n) is 10.9. The Morgan fingerprint density at radius 1 is 1.13 bits per heavy atom. The van der Waals surface area contributed by atoms with E-state index in [9.17, 15) is 23.1 Å². The molecule has 1 amide bonds. The van der Waals surface area contributed by atoms with Crippen LogP contribution in [0.4, 0.5) is 0 Å². The van der Waals surface area contributed by atoms with E-state index in [4.69, 9.17) is 4.74 Å². The third-order valence-corrected chi connectivity index (χ3v) is 7.28. The van der Waals surface area contributed by atoms with E-state index in [0.29, 0.717) is 18.5 Å². The van der Waals surface area contributed by atoms with Gasteiger partial charge in [-0.05, 0) is 41.4 Å². The Kier molecular flexibility index (Phi) is 8.14. The van der Waals surface area contributed by atoms with Crippen LogP contribution in [0.1, 0.15) is 81.3 Å². The lowest BCUT2D eigenvalue weighted by Crippen LogP contribution is -2.45. The molecule has 1 fully saturated rings. The number of phenolic OH excluding ortho intramolecular Hbond substituents is 1. The lowest BCUT2D eigenvalue weighted by atomic mass is 9.92. The van der Waals surface area contributed by atoms with Crippen LogP contribution in [0, 0.1) is 5.92 Å². The summed E-state index contributed by atoms with van der Waals surface area (Å²) in [4.78, 5) is 27.1. The number of amides is 1. The van der Waals surface area contributed by atoms with Gasteiger partial charge in [-0.25, -0.2) is 13.2 Å². The van der Waals surface area contributed by atoms with Gasteiger partial charge in [-0.3, -0.25) is 4.79 Å². The molecule has 8 heteroatoms. The number of phenols is 1. The minimum absolute atomic E-state index is 0.0118. The molecule has 1 atom stereocenters. The molecular weight excluding hydrogens is 418 g/mol. The van der Waals surface area contributed by atoms with Crippen molar-refractivity contribution in [3.05, 3.63) is 28.8 Å². The van der Waals surface area contributed by atoms with Crippen molar-refractivity contribution in [2.24, 2.45) is 5.92 Å². The van der Waals surface area contributed by atoms with Crippen molar-refractivity contribution in [3.63, 3.8) is 0 Å². The second-order valence-electron chi connectivity index (χ2n) is 9.39. The molecule has 1 aromatic rings. The fourth-order valence-electron chi connectivity index (χ4n) is 3.77.